The molecule has 1 amide bonds. The summed E-state index contributed by atoms with van der Waals surface area (Å²) in [5.74, 6) is -0.0718. The minimum atomic E-state index is -0.0718. The Morgan fingerprint density at radius 1 is 1.17 bits per heavy atom. The van der Waals surface area contributed by atoms with Gasteiger partial charge in [-0.3, -0.25) is 4.79 Å². The van der Waals surface area contributed by atoms with Crippen molar-refractivity contribution in [2.45, 2.75) is 26.7 Å². The van der Waals surface area contributed by atoms with E-state index in [2.05, 4.69) is 37.4 Å². The van der Waals surface area contributed by atoms with Crippen molar-refractivity contribution in [2.24, 2.45) is 7.05 Å². The van der Waals surface area contributed by atoms with Gasteiger partial charge in [0.25, 0.3) is 5.91 Å². The van der Waals surface area contributed by atoms with Crippen molar-refractivity contribution in [2.75, 3.05) is 26.2 Å². The summed E-state index contributed by atoms with van der Waals surface area (Å²) < 4.78 is 3.82. The number of likely N-dealkylation sites (tertiary alicyclic amines) is 1. The molecule has 0 saturated carbocycles. The number of hydrogen-bond donors (Lipinski definition) is 2. The zero-order valence-electron chi connectivity index (χ0n) is 17.5. The second-order valence-corrected chi connectivity index (χ2v) is 8.08. The van der Waals surface area contributed by atoms with Crippen LogP contribution in [0, 0.1) is 13.8 Å². The molecule has 1 aromatic carbocycles. The van der Waals surface area contributed by atoms with Gasteiger partial charge in [0, 0.05) is 26.1 Å². The zero-order valence-corrected chi connectivity index (χ0v) is 17.5. The number of rotatable bonds is 6. The molecule has 0 spiro atoms. The summed E-state index contributed by atoms with van der Waals surface area (Å²) in [6, 6.07) is 12.2. The van der Waals surface area contributed by atoms with Crippen LogP contribution in [0.15, 0.2) is 42.6 Å². The third-order valence-corrected chi connectivity index (χ3v) is 5.82. The minimum absolute atomic E-state index is 0.0718. The van der Waals surface area contributed by atoms with Gasteiger partial charge in [0.05, 0.1) is 37.6 Å². The Kier molecular flexibility index (Phi) is 5.53. The number of nitrogens with one attached hydrogen (secondary N) is 2. The van der Waals surface area contributed by atoms with Gasteiger partial charge in [0.2, 0.25) is 0 Å². The van der Waals surface area contributed by atoms with Crippen LogP contribution in [-0.4, -0.2) is 46.4 Å². The first kappa shape index (κ1) is 19.5. The average molecular weight is 393 g/mol. The maximum Gasteiger partial charge on any atom is 0.270 e. The first-order valence-electron chi connectivity index (χ1n) is 10.4. The van der Waals surface area contributed by atoms with Gasteiger partial charge >= 0.3 is 0 Å². The smallest absolute Gasteiger partial charge is 0.270 e. The lowest BCUT2D eigenvalue weighted by Gasteiger charge is -2.14. The lowest BCUT2D eigenvalue weighted by molar-refractivity contribution is -0.886. The number of amides is 1. The van der Waals surface area contributed by atoms with Gasteiger partial charge < -0.3 is 14.8 Å². The minimum Gasteiger partial charge on any atom is -0.349 e. The molecule has 2 N–H and O–H groups in total. The standard InChI is InChI=1S/C23H29N5O/c1-17-8-9-18(2)21(15-17)28-22(16-19(25-28)20-7-6-11-26(20)3)23(29)24-10-14-27-12-4-5-13-27/h6-9,11,15-16H,4-5,10,12-14H2,1-3H3,(H,24,29)/p+1. The Balaban J connectivity index is 1.65. The van der Waals surface area contributed by atoms with Gasteiger partial charge in [-0.15, -0.1) is 0 Å². The van der Waals surface area contributed by atoms with E-state index in [9.17, 15) is 4.79 Å². The van der Waals surface area contributed by atoms with Crippen molar-refractivity contribution in [3.05, 3.63) is 59.4 Å². The summed E-state index contributed by atoms with van der Waals surface area (Å²) in [6.45, 7) is 8.21. The third-order valence-electron chi connectivity index (χ3n) is 5.82. The lowest BCUT2D eigenvalue weighted by atomic mass is 10.1. The van der Waals surface area contributed by atoms with Gasteiger partial charge in [-0.25, -0.2) is 4.68 Å². The Bertz CT molecular complexity index is 1010. The average Bonchev–Trinajstić information content (AvgIpc) is 3.44. The molecule has 0 radical (unpaired) electrons. The third kappa shape index (κ3) is 4.12. The normalized spacial score (nSPS) is 14.4. The highest BCUT2D eigenvalue weighted by Crippen LogP contribution is 2.24. The van der Waals surface area contributed by atoms with E-state index < -0.39 is 0 Å². The maximum atomic E-state index is 13.1. The van der Waals surface area contributed by atoms with Gasteiger partial charge in [0.15, 0.2) is 0 Å². The van der Waals surface area contributed by atoms with Crippen LogP contribution in [0.2, 0.25) is 0 Å². The highest BCUT2D eigenvalue weighted by molar-refractivity contribution is 5.94. The van der Waals surface area contributed by atoms with Crippen LogP contribution in [0.4, 0.5) is 0 Å². The summed E-state index contributed by atoms with van der Waals surface area (Å²) in [5.41, 5.74) is 5.55. The van der Waals surface area contributed by atoms with Crippen LogP contribution >= 0.6 is 0 Å². The Morgan fingerprint density at radius 2 is 1.97 bits per heavy atom. The molecule has 0 unspecified atom stereocenters. The molecule has 3 heterocycles. The predicted molar refractivity (Wildman–Crippen MR) is 115 cm³/mol. The molecule has 2 aromatic heterocycles. The highest BCUT2D eigenvalue weighted by atomic mass is 16.2. The number of hydrogen-bond acceptors (Lipinski definition) is 2. The molecule has 29 heavy (non-hydrogen) atoms. The molecule has 0 bridgehead atoms. The molecule has 1 fully saturated rings. The second-order valence-electron chi connectivity index (χ2n) is 8.08. The molecule has 152 valence electrons. The topological polar surface area (TPSA) is 56.3 Å². The molecule has 1 saturated heterocycles. The van der Waals surface area contributed by atoms with Crippen molar-refractivity contribution < 1.29 is 9.69 Å². The SMILES string of the molecule is Cc1ccc(C)c(-n2nc(-c3cccn3C)cc2C(=O)NCC[NH+]2CCCC2)c1. The van der Waals surface area contributed by atoms with Gasteiger partial charge in [0.1, 0.15) is 11.4 Å². The molecular formula is C23H30N5O+. The molecule has 0 atom stereocenters. The van der Waals surface area contributed by atoms with Crippen molar-refractivity contribution in [1.29, 1.82) is 0 Å². The summed E-state index contributed by atoms with van der Waals surface area (Å²) in [7, 11) is 1.99. The number of aryl methyl sites for hydroxylation is 3. The molecule has 4 rings (SSSR count). The predicted octanol–water partition coefficient (Wildman–Crippen LogP) is 1.90. The van der Waals surface area contributed by atoms with Crippen LogP contribution < -0.4 is 10.2 Å². The van der Waals surface area contributed by atoms with Gasteiger partial charge in [-0.1, -0.05) is 12.1 Å². The second kappa shape index (κ2) is 8.25. The Morgan fingerprint density at radius 3 is 2.69 bits per heavy atom. The number of nitrogens with zero attached hydrogens (tertiary/aromatic N) is 3. The molecule has 1 aliphatic heterocycles. The zero-order chi connectivity index (χ0) is 20.4. The monoisotopic (exact) mass is 392 g/mol. The van der Waals surface area contributed by atoms with E-state index in [1.807, 2.05) is 36.0 Å². The van der Waals surface area contributed by atoms with Crippen LogP contribution in [0.5, 0.6) is 0 Å². The highest BCUT2D eigenvalue weighted by Gasteiger charge is 2.21. The number of quaternary nitrogens is 1. The van der Waals surface area contributed by atoms with E-state index in [4.69, 9.17) is 5.10 Å². The molecule has 3 aromatic rings. The lowest BCUT2D eigenvalue weighted by Crippen LogP contribution is -3.10. The van der Waals surface area contributed by atoms with E-state index in [-0.39, 0.29) is 5.91 Å². The molecule has 0 aliphatic carbocycles. The van der Waals surface area contributed by atoms with Crippen LogP contribution in [0.1, 0.15) is 34.5 Å². The number of carbonyl (C=O) groups is 1. The molecular weight excluding hydrogens is 362 g/mol. The van der Waals surface area contributed by atoms with Crippen LogP contribution in [-0.2, 0) is 7.05 Å². The molecule has 1 aliphatic rings. The van der Waals surface area contributed by atoms with Crippen LogP contribution in [0.3, 0.4) is 0 Å². The summed E-state index contributed by atoms with van der Waals surface area (Å²) in [4.78, 5) is 14.7. The fraction of sp³-hybridized carbons (Fsp3) is 0.391. The van der Waals surface area contributed by atoms with E-state index in [1.54, 1.807) is 9.58 Å². The number of benzene rings is 1. The fourth-order valence-electron chi connectivity index (χ4n) is 4.09. The Labute approximate surface area is 172 Å². The number of carbonyl (C=O) groups excluding carboxylic acids is 1. The van der Waals surface area contributed by atoms with E-state index in [0.717, 1.165) is 34.7 Å². The molecule has 6 heteroatoms. The first-order valence-corrected chi connectivity index (χ1v) is 10.4. The first-order chi connectivity index (χ1) is 14.0. The van der Waals surface area contributed by atoms with Gasteiger partial charge in [-0.05, 0) is 49.2 Å². The van der Waals surface area contributed by atoms with E-state index in [0.29, 0.717) is 12.2 Å². The molecule has 6 nitrogen and oxygen atoms in total. The van der Waals surface area contributed by atoms with Gasteiger partial charge in [-0.2, -0.15) is 5.10 Å². The fourth-order valence-corrected chi connectivity index (χ4v) is 4.09. The summed E-state index contributed by atoms with van der Waals surface area (Å²) in [5, 5.41) is 7.94. The van der Waals surface area contributed by atoms with E-state index in [1.165, 1.54) is 25.9 Å². The van der Waals surface area contributed by atoms with Crippen molar-refractivity contribution in [1.82, 2.24) is 19.7 Å². The van der Waals surface area contributed by atoms with Crippen molar-refractivity contribution in [3.63, 3.8) is 0 Å². The largest absolute Gasteiger partial charge is 0.349 e. The maximum absolute atomic E-state index is 13.1. The van der Waals surface area contributed by atoms with Crippen molar-refractivity contribution in [3.8, 4) is 17.1 Å². The number of aromatic nitrogens is 3. The summed E-state index contributed by atoms with van der Waals surface area (Å²) >= 11 is 0. The quantitative estimate of drug-likeness (QED) is 0.673. The Hall–Kier alpha value is -2.86. The van der Waals surface area contributed by atoms with Crippen LogP contribution in [0.25, 0.3) is 17.1 Å². The van der Waals surface area contributed by atoms with E-state index >= 15 is 0 Å². The van der Waals surface area contributed by atoms with Crippen molar-refractivity contribution >= 4 is 5.91 Å². The summed E-state index contributed by atoms with van der Waals surface area (Å²) in [6.07, 6.45) is 4.58.